The zero-order valence-corrected chi connectivity index (χ0v) is 14.0. The molecule has 0 atom stereocenters. The largest absolute Gasteiger partial charge is 0.280 e. The van der Waals surface area contributed by atoms with Gasteiger partial charge in [-0.15, -0.1) is 0 Å². The van der Waals surface area contributed by atoms with Crippen molar-refractivity contribution < 1.29 is 13.6 Å². The highest BCUT2D eigenvalue weighted by molar-refractivity contribution is 9.09. The molecule has 0 amide bonds. The van der Waals surface area contributed by atoms with Gasteiger partial charge in [0.1, 0.15) is 11.6 Å². The first-order chi connectivity index (χ1) is 10.5. The molecule has 0 unspecified atom stereocenters. The van der Waals surface area contributed by atoms with Gasteiger partial charge in [-0.25, -0.2) is 8.78 Å². The summed E-state index contributed by atoms with van der Waals surface area (Å²) in [4.78, 5) is 12.3. The first-order valence-corrected chi connectivity index (χ1v) is 8.28. The number of hydrogen-bond donors (Lipinski definition) is 0. The second-order valence-electron chi connectivity index (χ2n) is 4.99. The number of benzene rings is 2. The third kappa shape index (κ3) is 3.39. The number of carbonyl (C=O) groups is 1. The van der Waals surface area contributed by atoms with Crippen LogP contribution in [0.4, 0.5) is 8.78 Å². The second kappa shape index (κ2) is 7.34. The van der Waals surface area contributed by atoms with Crippen molar-refractivity contribution in [2.45, 2.75) is 18.3 Å². The minimum absolute atomic E-state index is 0.390. The predicted molar refractivity (Wildman–Crippen MR) is 87.5 cm³/mol. The maximum Gasteiger partial charge on any atom is 0.236 e. The topological polar surface area (TPSA) is 17.1 Å². The monoisotopic (exact) mass is 386 g/mol. The number of hydrogen-bond acceptors (Lipinski definition) is 1. The molecule has 2 aromatic carbocycles. The molecule has 2 rings (SSSR count). The van der Waals surface area contributed by atoms with Gasteiger partial charge in [0, 0.05) is 5.33 Å². The number of carbonyl (C=O) groups excluding carboxylic acids is 1. The van der Waals surface area contributed by atoms with E-state index in [4.69, 9.17) is 11.6 Å². The standard InChI is InChI=1S/C17H14BrClF2O/c18-11-1-10-17(16(19)22,12-2-6-14(20)7-3-12)13-4-8-15(21)9-5-13/h2-9H,1,10-11H2. The van der Waals surface area contributed by atoms with E-state index in [0.717, 1.165) is 0 Å². The van der Waals surface area contributed by atoms with Crippen molar-refractivity contribution in [3.8, 4) is 0 Å². The van der Waals surface area contributed by atoms with Gasteiger partial charge in [0.25, 0.3) is 0 Å². The van der Waals surface area contributed by atoms with Crippen molar-refractivity contribution in [3.63, 3.8) is 0 Å². The Kier molecular flexibility index (Phi) is 5.70. The van der Waals surface area contributed by atoms with Crippen LogP contribution in [0.25, 0.3) is 0 Å². The maximum atomic E-state index is 13.2. The molecule has 0 aliphatic rings. The second-order valence-corrected chi connectivity index (χ2v) is 6.12. The lowest BCUT2D eigenvalue weighted by molar-refractivity contribution is -0.115. The van der Waals surface area contributed by atoms with Crippen LogP contribution in [-0.2, 0) is 10.2 Å². The summed E-state index contributed by atoms with van der Waals surface area (Å²) < 4.78 is 26.4. The van der Waals surface area contributed by atoms with E-state index < -0.39 is 10.7 Å². The molecule has 0 spiro atoms. The average Bonchev–Trinajstić information content (AvgIpc) is 2.50. The fourth-order valence-electron chi connectivity index (χ4n) is 2.58. The molecular weight excluding hydrogens is 374 g/mol. The smallest absolute Gasteiger partial charge is 0.236 e. The third-order valence-electron chi connectivity index (χ3n) is 3.69. The quantitative estimate of drug-likeness (QED) is 0.492. The van der Waals surface area contributed by atoms with Gasteiger partial charge in [0.05, 0.1) is 5.41 Å². The van der Waals surface area contributed by atoms with Crippen molar-refractivity contribution in [3.05, 3.63) is 71.3 Å². The fourth-order valence-corrected chi connectivity index (χ4v) is 3.17. The van der Waals surface area contributed by atoms with Gasteiger partial charge in [-0.05, 0) is 59.8 Å². The van der Waals surface area contributed by atoms with Crippen LogP contribution < -0.4 is 0 Å². The van der Waals surface area contributed by atoms with Gasteiger partial charge in [0.15, 0.2) is 0 Å². The molecule has 1 nitrogen and oxygen atoms in total. The molecule has 0 heterocycles. The highest BCUT2D eigenvalue weighted by atomic mass is 79.9. The van der Waals surface area contributed by atoms with Crippen LogP contribution in [-0.4, -0.2) is 10.6 Å². The van der Waals surface area contributed by atoms with E-state index in [0.29, 0.717) is 29.3 Å². The summed E-state index contributed by atoms with van der Waals surface area (Å²) in [5.74, 6) is -0.779. The van der Waals surface area contributed by atoms with Crippen LogP contribution in [0.5, 0.6) is 0 Å². The fraction of sp³-hybridized carbons (Fsp3) is 0.235. The van der Waals surface area contributed by atoms with Crippen molar-refractivity contribution in [2.75, 3.05) is 5.33 Å². The van der Waals surface area contributed by atoms with Crippen LogP contribution in [0, 0.1) is 11.6 Å². The Morgan fingerprint density at radius 2 is 1.36 bits per heavy atom. The molecule has 0 aromatic heterocycles. The van der Waals surface area contributed by atoms with Crippen molar-refractivity contribution in [1.29, 1.82) is 0 Å². The Morgan fingerprint density at radius 3 is 1.68 bits per heavy atom. The van der Waals surface area contributed by atoms with Gasteiger partial charge in [-0.2, -0.15) is 0 Å². The molecule has 0 bridgehead atoms. The van der Waals surface area contributed by atoms with E-state index in [1.165, 1.54) is 24.3 Å². The maximum absolute atomic E-state index is 13.2. The Labute approximate surface area is 141 Å². The normalized spacial score (nSPS) is 11.5. The molecule has 0 radical (unpaired) electrons. The molecule has 0 saturated heterocycles. The molecule has 22 heavy (non-hydrogen) atoms. The molecule has 2 aromatic rings. The Hall–Kier alpha value is -1.26. The highest BCUT2D eigenvalue weighted by Gasteiger charge is 2.40. The minimum Gasteiger partial charge on any atom is -0.280 e. The number of halogens is 4. The zero-order valence-electron chi connectivity index (χ0n) is 11.7. The van der Waals surface area contributed by atoms with E-state index in [1.54, 1.807) is 24.3 Å². The summed E-state index contributed by atoms with van der Waals surface area (Å²) in [5.41, 5.74) is 0.0828. The summed E-state index contributed by atoms with van der Waals surface area (Å²) in [5, 5.41) is 0.132. The van der Waals surface area contributed by atoms with Crippen molar-refractivity contribution in [2.24, 2.45) is 0 Å². The summed E-state index contributed by atoms with van der Waals surface area (Å²) in [7, 11) is 0. The first kappa shape index (κ1) is 17.1. The Bertz CT molecular complexity index is 595. The van der Waals surface area contributed by atoms with Gasteiger partial charge in [-0.3, -0.25) is 4.79 Å². The Balaban J connectivity index is 2.62. The summed E-state index contributed by atoms with van der Waals surface area (Å²) >= 11 is 9.29. The van der Waals surface area contributed by atoms with Gasteiger partial charge < -0.3 is 0 Å². The SMILES string of the molecule is O=C(Cl)C(CCCBr)(c1ccc(F)cc1)c1ccc(F)cc1. The van der Waals surface area contributed by atoms with Crippen LogP contribution in [0.2, 0.25) is 0 Å². The molecule has 5 heteroatoms. The van der Waals surface area contributed by atoms with Crippen LogP contribution in [0.15, 0.2) is 48.5 Å². The van der Waals surface area contributed by atoms with E-state index in [1.807, 2.05) is 0 Å². The number of alkyl halides is 1. The van der Waals surface area contributed by atoms with Crippen molar-refractivity contribution in [1.82, 2.24) is 0 Å². The highest BCUT2D eigenvalue weighted by Crippen LogP contribution is 2.39. The molecule has 0 saturated carbocycles. The minimum atomic E-state index is -1.11. The lowest BCUT2D eigenvalue weighted by Crippen LogP contribution is -2.34. The van der Waals surface area contributed by atoms with Crippen molar-refractivity contribution >= 4 is 32.8 Å². The van der Waals surface area contributed by atoms with Gasteiger partial charge in [0.2, 0.25) is 5.24 Å². The molecule has 0 fully saturated rings. The van der Waals surface area contributed by atoms with Crippen LogP contribution in [0.1, 0.15) is 24.0 Å². The molecular formula is C17H14BrClF2O. The van der Waals surface area contributed by atoms with Crippen LogP contribution in [0.3, 0.4) is 0 Å². The van der Waals surface area contributed by atoms with E-state index >= 15 is 0 Å². The van der Waals surface area contributed by atoms with E-state index in [9.17, 15) is 13.6 Å². The van der Waals surface area contributed by atoms with Gasteiger partial charge >= 0.3 is 0 Å². The van der Waals surface area contributed by atoms with E-state index in [-0.39, 0.29) is 11.6 Å². The average molecular weight is 388 g/mol. The molecule has 116 valence electrons. The van der Waals surface area contributed by atoms with E-state index in [2.05, 4.69) is 15.9 Å². The van der Waals surface area contributed by atoms with Gasteiger partial charge in [-0.1, -0.05) is 40.2 Å². The summed E-state index contributed by atoms with van der Waals surface area (Å²) in [6, 6.07) is 11.4. The Morgan fingerprint density at radius 1 is 0.955 bits per heavy atom. The predicted octanol–water partition coefficient (Wildman–Crippen LogP) is 5.19. The molecule has 0 aliphatic carbocycles. The van der Waals surface area contributed by atoms with Crippen LogP contribution >= 0.6 is 27.5 Å². The molecule has 0 aliphatic heterocycles. The zero-order chi connectivity index (χ0) is 16.2. The lowest BCUT2D eigenvalue weighted by atomic mass is 9.72. The number of rotatable bonds is 6. The summed E-state index contributed by atoms with van der Waals surface area (Å²) in [6.45, 7) is 0. The summed E-state index contributed by atoms with van der Waals surface area (Å²) in [6.07, 6.45) is 1.13. The third-order valence-corrected chi connectivity index (χ3v) is 4.58. The molecule has 0 N–H and O–H groups in total. The lowest BCUT2D eigenvalue weighted by Gasteiger charge is -2.31. The first-order valence-electron chi connectivity index (χ1n) is 6.78.